The predicted octanol–water partition coefficient (Wildman–Crippen LogP) is 5.38. The lowest BCUT2D eigenvalue weighted by Gasteiger charge is -2.23. The minimum Gasteiger partial charge on any atom is -0.429 e. The van der Waals surface area contributed by atoms with Crippen LogP contribution in [-0.2, 0) is 29.0 Å². The molecule has 0 radical (unpaired) electrons. The van der Waals surface area contributed by atoms with Crippen LogP contribution in [0.5, 0.6) is 0 Å². The Kier molecular flexibility index (Phi) is 9.25. The zero-order valence-electron chi connectivity index (χ0n) is 18.5. The van der Waals surface area contributed by atoms with Crippen molar-refractivity contribution >= 4 is 12.3 Å². The van der Waals surface area contributed by atoms with E-state index in [9.17, 15) is 9.59 Å². The molecule has 0 atom stereocenters. The van der Waals surface area contributed by atoms with E-state index in [1.807, 2.05) is 0 Å². The Bertz CT molecular complexity index is 567. The second-order valence-electron chi connectivity index (χ2n) is 8.86. The SMILES string of the molecule is CC(C)(C#CC(C)(C)OOC(=O)OC1CCCCC1)OOC(=O)OC1CCCCC1. The molecule has 170 valence electrons. The molecule has 0 aromatic heterocycles. The third kappa shape index (κ3) is 9.68. The maximum atomic E-state index is 11.8. The van der Waals surface area contributed by atoms with Gasteiger partial charge in [0.1, 0.15) is 12.2 Å². The van der Waals surface area contributed by atoms with E-state index < -0.39 is 23.5 Å². The quantitative estimate of drug-likeness (QED) is 0.242. The van der Waals surface area contributed by atoms with Gasteiger partial charge in [0.15, 0.2) is 11.2 Å². The Balaban J connectivity index is 1.72. The largest absolute Gasteiger partial charge is 0.540 e. The average Bonchev–Trinajstić information content (AvgIpc) is 2.71. The molecule has 0 heterocycles. The van der Waals surface area contributed by atoms with Crippen LogP contribution in [0.1, 0.15) is 91.9 Å². The molecular weight excluding hydrogens is 392 g/mol. The summed E-state index contributed by atoms with van der Waals surface area (Å²) in [5.41, 5.74) is -2.23. The van der Waals surface area contributed by atoms with Crippen molar-refractivity contribution in [1.29, 1.82) is 0 Å². The van der Waals surface area contributed by atoms with Crippen LogP contribution in [0, 0.1) is 11.8 Å². The monoisotopic (exact) mass is 426 g/mol. The summed E-state index contributed by atoms with van der Waals surface area (Å²) in [6.45, 7) is 6.51. The molecule has 2 aliphatic carbocycles. The van der Waals surface area contributed by atoms with Crippen molar-refractivity contribution in [3.8, 4) is 11.8 Å². The molecule has 8 heteroatoms. The van der Waals surface area contributed by atoms with E-state index in [2.05, 4.69) is 11.8 Å². The van der Waals surface area contributed by atoms with Gasteiger partial charge in [0.25, 0.3) is 0 Å². The van der Waals surface area contributed by atoms with Gasteiger partial charge in [-0.15, -0.1) is 0 Å². The molecule has 0 spiro atoms. The van der Waals surface area contributed by atoms with Crippen LogP contribution >= 0.6 is 0 Å². The first-order valence-electron chi connectivity index (χ1n) is 10.8. The van der Waals surface area contributed by atoms with Gasteiger partial charge in [-0.3, -0.25) is 9.78 Å². The number of carbonyl (C=O) groups is 2. The van der Waals surface area contributed by atoms with E-state index in [4.69, 9.17) is 29.0 Å². The van der Waals surface area contributed by atoms with E-state index in [0.717, 1.165) is 64.2 Å². The van der Waals surface area contributed by atoms with Crippen molar-refractivity contribution in [2.75, 3.05) is 0 Å². The minimum atomic E-state index is -1.12. The second kappa shape index (κ2) is 11.4. The Morgan fingerprint density at radius 2 is 0.967 bits per heavy atom. The molecule has 2 saturated carbocycles. The summed E-state index contributed by atoms with van der Waals surface area (Å²) in [6.07, 6.45) is 7.86. The Labute approximate surface area is 178 Å². The summed E-state index contributed by atoms with van der Waals surface area (Å²) in [5, 5.41) is 0. The van der Waals surface area contributed by atoms with Crippen LogP contribution in [-0.4, -0.2) is 35.7 Å². The fourth-order valence-corrected chi connectivity index (χ4v) is 3.30. The summed E-state index contributed by atoms with van der Waals surface area (Å²) < 4.78 is 10.5. The highest BCUT2D eigenvalue weighted by Gasteiger charge is 2.26. The zero-order chi connectivity index (χ0) is 22.0. The lowest BCUT2D eigenvalue weighted by atomic mass is 9.98. The Morgan fingerprint density at radius 3 is 1.30 bits per heavy atom. The molecular formula is C22H34O8. The van der Waals surface area contributed by atoms with Crippen LogP contribution in [0.4, 0.5) is 9.59 Å². The molecule has 30 heavy (non-hydrogen) atoms. The molecule has 2 rings (SSSR count). The maximum Gasteiger partial charge on any atom is 0.540 e. The van der Waals surface area contributed by atoms with Gasteiger partial charge in [0, 0.05) is 0 Å². The maximum absolute atomic E-state index is 11.8. The van der Waals surface area contributed by atoms with Crippen molar-refractivity contribution in [3.05, 3.63) is 0 Å². The first-order chi connectivity index (χ1) is 14.2. The van der Waals surface area contributed by atoms with E-state index >= 15 is 0 Å². The summed E-state index contributed by atoms with van der Waals surface area (Å²) in [7, 11) is 0. The Hall–Kier alpha value is -1.98. The molecule has 0 bridgehead atoms. The van der Waals surface area contributed by atoms with Crippen LogP contribution in [0.15, 0.2) is 0 Å². The van der Waals surface area contributed by atoms with Crippen LogP contribution in [0.3, 0.4) is 0 Å². The molecule has 2 aliphatic rings. The number of rotatable bonds is 6. The topological polar surface area (TPSA) is 89.5 Å². The number of ether oxygens (including phenoxy) is 2. The van der Waals surface area contributed by atoms with Gasteiger partial charge in [0.05, 0.1) is 0 Å². The fraction of sp³-hybridized carbons (Fsp3) is 0.818. The van der Waals surface area contributed by atoms with Crippen molar-refractivity contribution in [2.45, 2.75) is 115 Å². The first kappa shape index (κ1) is 24.3. The van der Waals surface area contributed by atoms with Gasteiger partial charge in [-0.05, 0) is 79.1 Å². The van der Waals surface area contributed by atoms with Crippen molar-refractivity contribution < 1.29 is 38.6 Å². The van der Waals surface area contributed by atoms with Crippen LogP contribution in [0.2, 0.25) is 0 Å². The van der Waals surface area contributed by atoms with E-state index in [1.54, 1.807) is 27.7 Å². The molecule has 0 aliphatic heterocycles. The second-order valence-corrected chi connectivity index (χ2v) is 8.86. The molecule has 0 aromatic rings. The molecule has 2 fully saturated rings. The summed E-state index contributed by atoms with van der Waals surface area (Å²) in [5.74, 6) is 5.60. The van der Waals surface area contributed by atoms with Gasteiger partial charge >= 0.3 is 12.3 Å². The number of hydrogen-bond donors (Lipinski definition) is 0. The summed E-state index contributed by atoms with van der Waals surface area (Å²) in [4.78, 5) is 43.3. The lowest BCUT2D eigenvalue weighted by molar-refractivity contribution is -0.305. The highest BCUT2D eigenvalue weighted by Crippen LogP contribution is 2.22. The molecule has 0 N–H and O–H groups in total. The minimum absolute atomic E-state index is 0.123. The van der Waals surface area contributed by atoms with Crippen molar-refractivity contribution in [1.82, 2.24) is 0 Å². The van der Waals surface area contributed by atoms with Gasteiger partial charge in [-0.1, -0.05) is 24.7 Å². The van der Waals surface area contributed by atoms with Crippen LogP contribution < -0.4 is 0 Å². The molecule has 0 aromatic carbocycles. The van der Waals surface area contributed by atoms with E-state index in [1.165, 1.54) is 0 Å². The van der Waals surface area contributed by atoms with E-state index in [0.29, 0.717) is 0 Å². The van der Waals surface area contributed by atoms with Gasteiger partial charge in [0.2, 0.25) is 0 Å². The van der Waals surface area contributed by atoms with Gasteiger partial charge in [-0.2, -0.15) is 9.78 Å². The predicted molar refractivity (Wildman–Crippen MR) is 107 cm³/mol. The smallest absolute Gasteiger partial charge is 0.429 e. The fourth-order valence-electron chi connectivity index (χ4n) is 3.30. The third-order valence-electron chi connectivity index (χ3n) is 4.93. The average molecular weight is 427 g/mol. The van der Waals surface area contributed by atoms with Crippen molar-refractivity contribution in [3.63, 3.8) is 0 Å². The number of carbonyl (C=O) groups excluding carboxylic acids is 2. The Morgan fingerprint density at radius 1 is 0.633 bits per heavy atom. The molecule has 0 saturated heterocycles. The number of hydrogen-bond acceptors (Lipinski definition) is 8. The lowest BCUT2D eigenvalue weighted by Crippen LogP contribution is -2.30. The van der Waals surface area contributed by atoms with Crippen molar-refractivity contribution in [2.24, 2.45) is 0 Å². The third-order valence-corrected chi connectivity index (χ3v) is 4.93. The zero-order valence-corrected chi connectivity index (χ0v) is 18.5. The molecule has 8 nitrogen and oxygen atoms in total. The van der Waals surface area contributed by atoms with E-state index in [-0.39, 0.29) is 12.2 Å². The normalized spacial score (nSPS) is 18.7. The van der Waals surface area contributed by atoms with Crippen LogP contribution in [0.25, 0.3) is 0 Å². The molecule has 0 amide bonds. The van der Waals surface area contributed by atoms with Gasteiger partial charge < -0.3 is 9.47 Å². The van der Waals surface area contributed by atoms with Gasteiger partial charge in [-0.25, -0.2) is 9.59 Å². The summed E-state index contributed by atoms with van der Waals surface area (Å²) >= 11 is 0. The standard InChI is InChI=1S/C22H34O8/c1-21(2,29-27-19(23)25-17-11-7-5-8-12-17)15-16-22(3,4)30-28-20(24)26-18-13-9-6-10-14-18/h17-18H,5-14H2,1-4H3. The highest BCUT2D eigenvalue weighted by atomic mass is 17.2. The highest BCUT2D eigenvalue weighted by molar-refractivity contribution is 5.59. The summed E-state index contributed by atoms with van der Waals surface area (Å²) in [6, 6.07) is 0. The first-order valence-corrected chi connectivity index (χ1v) is 10.8. The molecule has 0 unspecified atom stereocenters.